The lowest BCUT2D eigenvalue weighted by Gasteiger charge is -2.30. The second-order valence-corrected chi connectivity index (χ2v) is 16.3. The van der Waals surface area contributed by atoms with E-state index in [-0.39, 0.29) is 29.8 Å². The molecule has 8 rings (SSSR count). The Hall–Kier alpha value is -7.16. The summed E-state index contributed by atoms with van der Waals surface area (Å²) in [5.74, 6) is 1.47. The van der Waals surface area contributed by atoms with Crippen LogP contribution in [0.3, 0.4) is 0 Å². The average molecular weight is 853 g/mol. The van der Waals surface area contributed by atoms with Crippen molar-refractivity contribution >= 4 is 34.8 Å². The highest BCUT2D eigenvalue weighted by molar-refractivity contribution is 5.91. The van der Waals surface area contributed by atoms with E-state index in [0.29, 0.717) is 30.2 Å². The molecule has 4 heterocycles. The molecule has 4 aromatic carbocycles. The van der Waals surface area contributed by atoms with Crippen molar-refractivity contribution in [3.63, 3.8) is 0 Å². The maximum Gasteiger partial charge on any atom is 0.407 e. The zero-order valence-electron chi connectivity index (χ0n) is 36.0. The van der Waals surface area contributed by atoms with Crippen LogP contribution >= 0.6 is 0 Å². The third kappa shape index (κ3) is 8.94. The summed E-state index contributed by atoms with van der Waals surface area (Å²) in [5.41, 5.74) is 6.38. The third-order valence-corrected chi connectivity index (χ3v) is 12.1. The first-order chi connectivity index (χ1) is 30.5. The van der Waals surface area contributed by atoms with Gasteiger partial charge in [-0.15, -0.1) is 0 Å². The maximum atomic E-state index is 14.1. The number of hydrogen-bond donors (Lipinski definition) is 4. The van der Waals surface area contributed by atoms with E-state index in [0.717, 1.165) is 75.9 Å². The van der Waals surface area contributed by atoms with Crippen LogP contribution in [0.15, 0.2) is 97.3 Å². The topological polar surface area (TPSA) is 184 Å². The number of nitrogens with zero attached hydrogens (tertiary/aromatic N) is 4. The molecule has 0 radical (unpaired) electrons. The Morgan fingerprint density at radius 3 is 1.79 bits per heavy atom. The molecule has 326 valence electrons. The minimum Gasteiger partial charge on any atom is -0.497 e. The minimum absolute atomic E-state index is 0.111. The van der Waals surface area contributed by atoms with Gasteiger partial charge in [-0.1, -0.05) is 74.5 Å². The van der Waals surface area contributed by atoms with Crippen molar-refractivity contribution in [2.75, 3.05) is 34.4 Å². The van der Waals surface area contributed by atoms with E-state index in [1.165, 1.54) is 14.2 Å². The molecular weight excluding hydrogens is 801 g/mol. The lowest BCUT2D eigenvalue weighted by molar-refractivity contribution is -0.135. The zero-order chi connectivity index (χ0) is 44.2. The molecule has 0 bridgehead atoms. The SMILES string of the molecule is COC(=O)N[C@H](C(=O)N1CCC[C@H]1c1ncc(-c2ccc3cc(-c4ccc(-c5cnc(C6CCCN6C(=O)[C@H](NC(=O)OC)c6cccc(OC)c6)[nH]5)cc4)ccc3c2)[nH]1)C(C)C. The lowest BCUT2D eigenvalue weighted by Crippen LogP contribution is -2.51. The highest BCUT2D eigenvalue weighted by Crippen LogP contribution is 2.36. The van der Waals surface area contributed by atoms with Gasteiger partial charge in [-0.25, -0.2) is 19.6 Å². The van der Waals surface area contributed by atoms with Crippen LogP contribution < -0.4 is 15.4 Å². The van der Waals surface area contributed by atoms with Gasteiger partial charge in [-0.2, -0.15) is 0 Å². The van der Waals surface area contributed by atoms with Crippen molar-refractivity contribution < 1.29 is 33.4 Å². The summed E-state index contributed by atoms with van der Waals surface area (Å²) in [5, 5.41) is 7.59. The molecule has 2 aliphatic heterocycles. The van der Waals surface area contributed by atoms with Crippen molar-refractivity contribution in [2.24, 2.45) is 5.92 Å². The number of H-pyrrole nitrogens is 2. The number of carbonyl (C=O) groups is 4. The van der Waals surface area contributed by atoms with Crippen LogP contribution in [0.1, 0.15) is 74.9 Å². The molecule has 4 amide bonds. The summed E-state index contributed by atoms with van der Waals surface area (Å²) in [7, 11) is 4.11. The van der Waals surface area contributed by atoms with E-state index in [9.17, 15) is 19.2 Å². The van der Waals surface area contributed by atoms with Crippen molar-refractivity contribution in [1.82, 2.24) is 40.4 Å². The molecule has 15 nitrogen and oxygen atoms in total. The number of aromatic nitrogens is 4. The summed E-state index contributed by atoms with van der Waals surface area (Å²) in [6, 6.07) is 25.9. The molecule has 15 heteroatoms. The monoisotopic (exact) mass is 852 g/mol. The third-order valence-electron chi connectivity index (χ3n) is 12.1. The molecular formula is C48H52N8O7. The number of methoxy groups -OCH3 is 3. The number of fused-ring (bicyclic) bond motifs is 1. The van der Waals surface area contributed by atoms with Crippen LogP contribution in [0.4, 0.5) is 9.59 Å². The van der Waals surface area contributed by atoms with Gasteiger partial charge in [0, 0.05) is 18.7 Å². The van der Waals surface area contributed by atoms with Crippen molar-refractivity contribution in [2.45, 2.75) is 63.7 Å². The number of rotatable bonds is 12. The van der Waals surface area contributed by atoms with E-state index in [1.54, 1.807) is 42.5 Å². The van der Waals surface area contributed by atoms with Gasteiger partial charge in [-0.05, 0) is 88.9 Å². The van der Waals surface area contributed by atoms with E-state index in [4.69, 9.17) is 24.2 Å². The van der Waals surface area contributed by atoms with Gasteiger partial charge in [0.1, 0.15) is 29.5 Å². The standard InChI is InChI=1S/C48H52N8O7/c1-28(2)41(53-47(59)62-4)45(57)55-21-7-11-39(55)44-50-27-38(52-44)34-20-19-32-23-31(17-18-33(32)24-34)29-13-15-30(16-14-29)37-26-49-43(51-37)40-12-8-22-56(40)46(58)42(54-48(60)63-5)35-9-6-10-36(25-35)61-3/h6,9-10,13-20,23-28,39-42H,7-8,11-12,21-22H2,1-5H3,(H,49,51)(H,50,52)(H,53,59)(H,54,60)/t39-,40?,41-,42+/m0/s1. The molecule has 0 aliphatic carbocycles. The average Bonchev–Trinajstić information content (AvgIpc) is 4.16. The Morgan fingerprint density at radius 2 is 1.19 bits per heavy atom. The molecule has 2 aromatic heterocycles. The van der Waals surface area contributed by atoms with Gasteiger partial charge in [0.15, 0.2) is 0 Å². The molecule has 63 heavy (non-hydrogen) atoms. The number of hydrogen-bond acceptors (Lipinski definition) is 9. The van der Waals surface area contributed by atoms with E-state index < -0.39 is 24.3 Å². The number of alkyl carbamates (subject to hydrolysis) is 2. The summed E-state index contributed by atoms with van der Waals surface area (Å²) >= 11 is 0. The first-order valence-electron chi connectivity index (χ1n) is 21.2. The largest absolute Gasteiger partial charge is 0.497 e. The highest BCUT2D eigenvalue weighted by Gasteiger charge is 2.39. The number of likely N-dealkylation sites (tertiary alicyclic amines) is 2. The Balaban J connectivity index is 0.944. The van der Waals surface area contributed by atoms with Crippen LogP contribution in [-0.2, 0) is 19.1 Å². The maximum absolute atomic E-state index is 14.1. The molecule has 4 N–H and O–H groups in total. The number of benzene rings is 4. The van der Waals surface area contributed by atoms with Gasteiger partial charge in [0.25, 0.3) is 5.91 Å². The number of ether oxygens (including phenoxy) is 3. The number of nitrogens with one attached hydrogen (secondary N) is 4. The fraction of sp³-hybridized carbons (Fsp3) is 0.333. The highest BCUT2D eigenvalue weighted by atomic mass is 16.5. The quantitative estimate of drug-likeness (QED) is 0.0945. The Bertz CT molecular complexity index is 2620. The minimum atomic E-state index is -0.964. The molecule has 2 saturated heterocycles. The fourth-order valence-electron chi connectivity index (χ4n) is 8.70. The smallest absolute Gasteiger partial charge is 0.407 e. The van der Waals surface area contributed by atoms with E-state index >= 15 is 0 Å². The first-order valence-corrected chi connectivity index (χ1v) is 21.2. The second kappa shape index (κ2) is 18.4. The normalized spacial score (nSPS) is 17.1. The first kappa shape index (κ1) is 42.5. The van der Waals surface area contributed by atoms with Crippen LogP contribution in [0.25, 0.3) is 44.4 Å². The molecule has 0 saturated carbocycles. The number of amides is 4. The van der Waals surface area contributed by atoms with Crippen LogP contribution in [0.5, 0.6) is 5.75 Å². The van der Waals surface area contributed by atoms with Crippen LogP contribution in [0.2, 0.25) is 0 Å². The van der Waals surface area contributed by atoms with Crippen molar-refractivity contribution in [3.05, 3.63) is 115 Å². The number of carbonyl (C=O) groups excluding carboxylic acids is 4. The summed E-state index contributed by atoms with van der Waals surface area (Å²) in [6.07, 6.45) is 5.43. The van der Waals surface area contributed by atoms with Gasteiger partial charge in [0.2, 0.25) is 5.91 Å². The van der Waals surface area contributed by atoms with Gasteiger partial charge in [0.05, 0.1) is 57.2 Å². The Morgan fingerprint density at radius 1 is 0.651 bits per heavy atom. The molecule has 4 atom stereocenters. The van der Waals surface area contributed by atoms with Gasteiger partial charge < -0.3 is 44.6 Å². The predicted molar refractivity (Wildman–Crippen MR) is 237 cm³/mol. The zero-order valence-corrected chi connectivity index (χ0v) is 36.0. The summed E-state index contributed by atoms with van der Waals surface area (Å²) < 4.78 is 15.0. The second-order valence-electron chi connectivity index (χ2n) is 16.3. The van der Waals surface area contributed by atoms with Crippen molar-refractivity contribution in [1.29, 1.82) is 0 Å². The molecule has 1 unspecified atom stereocenters. The molecule has 6 aromatic rings. The molecule has 2 fully saturated rings. The predicted octanol–water partition coefficient (Wildman–Crippen LogP) is 8.10. The van der Waals surface area contributed by atoms with Crippen LogP contribution in [0, 0.1) is 5.92 Å². The summed E-state index contributed by atoms with van der Waals surface area (Å²) in [4.78, 5) is 72.0. The fourth-order valence-corrected chi connectivity index (χ4v) is 8.70. The van der Waals surface area contributed by atoms with Crippen molar-refractivity contribution in [3.8, 4) is 39.4 Å². The Labute approximate surface area is 365 Å². The molecule has 2 aliphatic rings. The Kier molecular flexibility index (Phi) is 12.4. The van der Waals surface area contributed by atoms with E-state index in [1.807, 2.05) is 24.9 Å². The lowest BCUT2D eigenvalue weighted by atomic mass is 9.98. The number of aromatic amines is 2. The van der Waals surface area contributed by atoms with Crippen LogP contribution in [-0.4, -0.2) is 94.2 Å². The number of imidazole rings is 2. The summed E-state index contributed by atoms with van der Waals surface area (Å²) in [6.45, 7) is 4.92. The van der Waals surface area contributed by atoms with E-state index in [2.05, 4.69) is 81.3 Å². The van der Waals surface area contributed by atoms with Gasteiger partial charge >= 0.3 is 12.2 Å². The van der Waals surface area contributed by atoms with Gasteiger partial charge in [-0.3, -0.25) is 9.59 Å². The molecule has 0 spiro atoms.